The predicted octanol–water partition coefficient (Wildman–Crippen LogP) is 4.56. The van der Waals surface area contributed by atoms with E-state index in [0.29, 0.717) is 5.41 Å². The molecule has 0 atom stereocenters. The van der Waals surface area contributed by atoms with Gasteiger partial charge in [0.1, 0.15) is 0 Å². The van der Waals surface area contributed by atoms with Crippen molar-refractivity contribution in [2.24, 2.45) is 5.41 Å². The van der Waals surface area contributed by atoms with Crippen molar-refractivity contribution in [3.05, 3.63) is 42.2 Å². The monoisotopic (exact) mass is 281 g/mol. The first-order valence-electron chi connectivity index (χ1n) is 8.27. The Hall–Kier alpha value is -1.41. The van der Waals surface area contributed by atoms with Gasteiger partial charge in [0.2, 0.25) is 0 Å². The van der Waals surface area contributed by atoms with Crippen molar-refractivity contribution in [1.29, 1.82) is 0 Å². The Labute approximate surface area is 126 Å². The normalized spacial score (nSPS) is 23.7. The van der Waals surface area contributed by atoms with E-state index in [1.165, 1.54) is 38.5 Å². The number of pyridine rings is 1. The highest BCUT2D eigenvalue weighted by Gasteiger charge is 2.44. The van der Waals surface area contributed by atoms with Crippen LogP contribution >= 0.6 is 0 Å². The number of hydrogen-bond donors (Lipinski definition) is 1. The van der Waals surface area contributed by atoms with E-state index in [1.54, 1.807) is 0 Å². The Bertz CT molecular complexity index is 642. The maximum Gasteiger partial charge on any atom is 0.0917 e. The van der Waals surface area contributed by atoms with E-state index >= 15 is 0 Å². The standard InChI is InChI=1S/C19H23NO/c21-19(11-9-18(10-12-19)7-3-4-8-18)17-14-20-13-15-5-1-2-6-16(15)17/h1-2,5-6,13-14,21H,3-4,7-12H2. The second-order valence-corrected chi connectivity index (χ2v) is 7.15. The minimum Gasteiger partial charge on any atom is -0.385 e. The largest absolute Gasteiger partial charge is 0.385 e. The summed E-state index contributed by atoms with van der Waals surface area (Å²) in [7, 11) is 0. The molecule has 0 amide bonds. The van der Waals surface area contributed by atoms with Crippen LogP contribution in [0.2, 0.25) is 0 Å². The van der Waals surface area contributed by atoms with Crippen LogP contribution in [0.3, 0.4) is 0 Å². The van der Waals surface area contributed by atoms with E-state index in [-0.39, 0.29) is 0 Å². The molecular formula is C19H23NO. The van der Waals surface area contributed by atoms with Gasteiger partial charge < -0.3 is 5.11 Å². The fourth-order valence-corrected chi connectivity index (χ4v) is 4.58. The van der Waals surface area contributed by atoms with Gasteiger partial charge >= 0.3 is 0 Å². The van der Waals surface area contributed by atoms with Crippen molar-refractivity contribution in [1.82, 2.24) is 4.98 Å². The molecule has 1 aromatic carbocycles. The van der Waals surface area contributed by atoms with Gasteiger partial charge in [-0.25, -0.2) is 0 Å². The molecule has 2 nitrogen and oxygen atoms in total. The molecule has 1 aromatic heterocycles. The number of nitrogens with zero attached hydrogens (tertiary/aromatic N) is 1. The molecule has 2 heteroatoms. The predicted molar refractivity (Wildman–Crippen MR) is 85.0 cm³/mol. The van der Waals surface area contributed by atoms with Crippen LogP contribution in [0.1, 0.15) is 56.9 Å². The van der Waals surface area contributed by atoms with E-state index in [4.69, 9.17) is 0 Å². The topological polar surface area (TPSA) is 33.1 Å². The number of aliphatic hydroxyl groups is 1. The third kappa shape index (κ3) is 2.17. The fourth-order valence-electron chi connectivity index (χ4n) is 4.58. The zero-order chi connectivity index (χ0) is 14.3. The second kappa shape index (κ2) is 4.81. The van der Waals surface area contributed by atoms with Crippen LogP contribution in [0.15, 0.2) is 36.7 Å². The summed E-state index contributed by atoms with van der Waals surface area (Å²) in [4.78, 5) is 4.36. The lowest BCUT2D eigenvalue weighted by Crippen LogP contribution is -2.36. The van der Waals surface area contributed by atoms with Gasteiger partial charge in [-0.3, -0.25) is 4.98 Å². The molecule has 0 unspecified atom stereocenters. The van der Waals surface area contributed by atoms with Crippen LogP contribution in [0.5, 0.6) is 0 Å². The number of hydrogen-bond acceptors (Lipinski definition) is 2. The summed E-state index contributed by atoms with van der Waals surface area (Å²) in [6.07, 6.45) is 13.4. The number of rotatable bonds is 1. The molecule has 2 aromatic rings. The maximum absolute atomic E-state index is 11.2. The van der Waals surface area contributed by atoms with E-state index in [1.807, 2.05) is 18.5 Å². The molecule has 0 bridgehead atoms. The molecule has 2 saturated carbocycles. The van der Waals surface area contributed by atoms with Crippen LogP contribution in [-0.2, 0) is 5.60 Å². The zero-order valence-electron chi connectivity index (χ0n) is 12.5. The quantitative estimate of drug-likeness (QED) is 0.831. The van der Waals surface area contributed by atoms with Crippen molar-refractivity contribution < 1.29 is 5.11 Å². The van der Waals surface area contributed by atoms with Gasteiger partial charge in [-0.05, 0) is 49.3 Å². The van der Waals surface area contributed by atoms with Crippen LogP contribution in [0.4, 0.5) is 0 Å². The first-order valence-corrected chi connectivity index (χ1v) is 8.27. The molecule has 21 heavy (non-hydrogen) atoms. The highest BCUT2D eigenvalue weighted by molar-refractivity contribution is 5.85. The molecule has 2 fully saturated rings. The molecular weight excluding hydrogens is 258 g/mol. The average molecular weight is 281 g/mol. The van der Waals surface area contributed by atoms with E-state index < -0.39 is 5.60 Å². The third-order valence-electron chi connectivity index (χ3n) is 5.97. The van der Waals surface area contributed by atoms with Crippen LogP contribution in [0.25, 0.3) is 10.8 Å². The summed E-state index contributed by atoms with van der Waals surface area (Å²) >= 11 is 0. The van der Waals surface area contributed by atoms with Crippen molar-refractivity contribution >= 4 is 10.8 Å². The Balaban J connectivity index is 1.69. The maximum atomic E-state index is 11.2. The highest BCUT2D eigenvalue weighted by atomic mass is 16.3. The van der Waals surface area contributed by atoms with Crippen molar-refractivity contribution in [2.45, 2.75) is 57.0 Å². The number of benzene rings is 1. The third-order valence-corrected chi connectivity index (χ3v) is 5.97. The van der Waals surface area contributed by atoms with E-state index in [9.17, 15) is 5.11 Å². The Morgan fingerprint density at radius 3 is 2.33 bits per heavy atom. The van der Waals surface area contributed by atoms with Gasteiger partial charge in [-0.2, -0.15) is 0 Å². The Morgan fingerprint density at radius 1 is 0.857 bits per heavy atom. The highest BCUT2D eigenvalue weighted by Crippen LogP contribution is 2.54. The summed E-state index contributed by atoms with van der Waals surface area (Å²) in [6, 6.07) is 8.28. The minimum absolute atomic E-state index is 0.546. The summed E-state index contributed by atoms with van der Waals surface area (Å²) in [5, 5.41) is 13.5. The molecule has 1 heterocycles. The van der Waals surface area contributed by atoms with Crippen molar-refractivity contribution in [3.8, 4) is 0 Å². The van der Waals surface area contributed by atoms with Crippen LogP contribution in [0, 0.1) is 5.41 Å². The van der Waals surface area contributed by atoms with E-state index in [0.717, 1.165) is 29.2 Å². The van der Waals surface area contributed by atoms with Gasteiger partial charge in [0.15, 0.2) is 0 Å². The molecule has 0 saturated heterocycles. The minimum atomic E-state index is -0.679. The molecule has 1 spiro atoms. The Morgan fingerprint density at radius 2 is 1.57 bits per heavy atom. The van der Waals surface area contributed by atoms with Crippen LogP contribution in [-0.4, -0.2) is 10.1 Å². The lowest BCUT2D eigenvalue weighted by molar-refractivity contribution is -0.0367. The zero-order valence-corrected chi connectivity index (χ0v) is 12.5. The number of aromatic nitrogens is 1. The lowest BCUT2D eigenvalue weighted by atomic mass is 9.66. The summed E-state index contributed by atoms with van der Waals surface area (Å²) in [5.74, 6) is 0. The number of fused-ring (bicyclic) bond motifs is 1. The SMILES string of the molecule is OC1(c2cncc3ccccc23)CCC2(CCCC2)CC1. The second-order valence-electron chi connectivity index (χ2n) is 7.15. The summed E-state index contributed by atoms with van der Waals surface area (Å²) < 4.78 is 0. The summed E-state index contributed by atoms with van der Waals surface area (Å²) in [6.45, 7) is 0. The van der Waals surface area contributed by atoms with Crippen molar-refractivity contribution in [3.63, 3.8) is 0 Å². The van der Waals surface area contributed by atoms with Gasteiger partial charge in [-0.1, -0.05) is 37.1 Å². The van der Waals surface area contributed by atoms with Gasteiger partial charge in [0.25, 0.3) is 0 Å². The molecule has 0 aliphatic heterocycles. The van der Waals surface area contributed by atoms with Gasteiger partial charge in [-0.15, -0.1) is 0 Å². The molecule has 4 rings (SSSR count). The first-order chi connectivity index (χ1) is 10.2. The average Bonchev–Trinajstić information content (AvgIpc) is 2.99. The summed E-state index contributed by atoms with van der Waals surface area (Å²) in [5.41, 5.74) is 0.903. The fraction of sp³-hybridized carbons (Fsp3) is 0.526. The van der Waals surface area contributed by atoms with Gasteiger partial charge in [0, 0.05) is 23.3 Å². The first kappa shape index (κ1) is 13.3. The van der Waals surface area contributed by atoms with Gasteiger partial charge in [0.05, 0.1) is 5.60 Å². The lowest BCUT2D eigenvalue weighted by Gasteiger charge is -2.42. The molecule has 2 aliphatic rings. The Kier molecular flexibility index (Phi) is 3.04. The van der Waals surface area contributed by atoms with E-state index in [2.05, 4.69) is 23.2 Å². The van der Waals surface area contributed by atoms with Crippen LogP contribution < -0.4 is 0 Å². The molecule has 1 N–H and O–H groups in total. The molecule has 0 radical (unpaired) electrons. The smallest absolute Gasteiger partial charge is 0.0917 e. The van der Waals surface area contributed by atoms with Crippen molar-refractivity contribution in [2.75, 3.05) is 0 Å². The molecule has 2 aliphatic carbocycles. The molecule has 110 valence electrons.